The van der Waals surface area contributed by atoms with E-state index in [1.807, 2.05) is 0 Å². The summed E-state index contributed by atoms with van der Waals surface area (Å²) in [6.45, 7) is 2.21. The van der Waals surface area contributed by atoms with Crippen molar-refractivity contribution < 1.29 is 9.90 Å². The molecule has 0 heterocycles. The van der Waals surface area contributed by atoms with E-state index in [-0.39, 0.29) is 5.41 Å². The molecule has 0 radical (unpaired) electrons. The zero-order valence-electron chi connectivity index (χ0n) is 10.4. The van der Waals surface area contributed by atoms with Crippen LogP contribution in [0.1, 0.15) is 64.7 Å². The third-order valence-electron chi connectivity index (χ3n) is 4.86. The lowest BCUT2D eigenvalue weighted by Crippen LogP contribution is -2.36. The van der Waals surface area contributed by atoms with Crippen molar-refractivity contribution in [3.63, 3.8) is 0 Å². The van der Waals surface area contributed by atoms with Crippen LogP contribution in [0.2, 0.25) is 0 Å². The van der Waals surface area contributed by atoms with Crippen LogP contribution in [0.15, 0.2) is 0 Å². The maximum Gasteiger partial charge on any atom is 0.309 e. The van der Waals surface area contributed by atoms with Gasteiger partial charge in [-0.05, 0) is 43.9 Å². The lowest BCUT2D eigenvalue weighted by molar-refractivity contribution is -0.153. The lowest BCUT2D eigenvalue weighted by Gasteiger charge is -2.33. The van der Waals surface area contributed by atoms with Crippen molar-refractivity contribution in [1.29, 1.82) is 0 Å². The van der Waals surface area contributed by atoms with Gasteiger partial charge >= 0.3 is 5.97 Å². The van der Waals surface area contributed by atoms with Gasteiger partial charge in [0, 0.05) is 0 Å². The molecule has 0 aromatic rings. The van der Waals surface area contributed by atoms with Crippen LogP contribution in [-0.4, -0.2) is 11.1 Å². The van der Waals surface area contributed by atoms with Gasteiger partial charge in [-0.15, -0.1) is 0 Å². The first kappa shape index (κ1) is 11.9. The number of rotatable bonds is 2. The Morgan fingerprint density at radius 1 is 1.12 bits per heavy atom. The molecule has 92 valence electrons. The molecule has 0 aliphatic heterocycles. The SMILES string of the molecule is CC1CCC(C(=O)O)(C2CCCCCC2)C1. The standard InChI is InChI=1S/C14H24O2/c1-11-8-9-14(10-11,13(15)16)12-6-4-2-3-5-7-12/h11-12H,2-10H2,1H3,(H,15,16). The number of carbonyl (C=O) groups is 1. The summed E-state index contributed by atoms with van der Waals surface area (Å²) in [6.07, 6.45) is 10.4. The molecule has 2 nitrogen and oxygen atoms in total. The summed E-state index contributed by atoms with van der Waals surface area (Å²) in [5, 5.41) is 9.63. The van der Waals surface area contributed by atoms with Gasteiger partial charge in [0.15, 0.2) is 0 Å². The summed E-state index contributed by atoms with van der Waals surface area (Å²) in [7, 11) is 0. The molecule has 0 saturated heterocycles. The minimum atomic E-state index is -0.510. The molecule has 0 aromatic carbocycles. The van der Waals surface area contributed by atoms with Crippen molar-refractivity contribution in [2.75, 3.05) is 0 Å². The van der Waals surface area contributed by atoms with Gasteiger partial charge in [-0.2, -0.15) is 0 Å². The molecule has 2 aliphatic carbocycles. The predicted molar refractivity (Wildman–Crippen MR) is 64.3 cm³/mol. The molecule has 2 atom stereocenters. The van der Waals surface area contributed by atoms with E-state index < -0.39 is 5.97 Å². The van der Waals surface area contributed by atoms with Gasteiger partial charge in [0.2, 0.25) is 0 Å². The molecule has 1 N–H and O–H groups in total. The monoisotopic (exact) mass is 224 g/mol. The molecule has 0 bridgehead atoms. The van der Waals surface area contributed by atoms with Crippen LogP contribution in [0.4, 0.5) is 0 Å². The molecule has 2 aliphatic rings. The molecule has 2 fully saturated rings. The highest BCUT2D eigenvalue weighted by molar-refractivity contribution is 5.75. The van der Waals surface area contributed by atoms with Crippen LogP contribution in [0.3, 0.4) is 0 Å². The van der Waals surface area contributed by atoms with Crippen LogP contribution >= 0.6 is 0 Å². The lowest BCUT2D eigenvalue weighted by atomic mass is 9.70. The van der Waals surface area contributed by atoms with Gasteiger partial charge in [-0.3, -0.25) is 4.79 Å². The fraction of sp³-hybridized carbons (Fsp3) is 0.929. The topological polar surface area (TPSA) is 37.3 Å². The Balaban J connectivity index is 2.14. The second kappa shape index (κ2) is 4.77. The van der Waals surface area contributed by atoms with Crippen molar-refractivity contribution in [2.45, 2.75) is 64.7 Å². The van der Waals surface area contributed by atoms with E-state index >= 15 is 0 Å². The summed E-state index contributed by atoms with van der Waals surface area (Å²) in [6, 6.07) is 0. The van der Waals surface area contributed by atoms with E-state index in [0.717, 1.165) is 32.1 Å². The zero-order valence-corrected chi connectivity index (χ0v) is 10.4. The highest BCUT2D eigenvalue weighted by Gasteiger charge is 2.49. The highest BCUT2D eigenvalue weighted by atomic mass is 16.4. The first-order valence-electron chi connectivity index (χ1n) is 6.88. The molecular formula is C14H24O2. The summed E-state index contributed by atoms with van der Waals surface area (Å²) >= 11 is 0. The Labute approximate surface area is 98.4 Å². The molecule has 0 aromatic heterocycles. The summed E-state index contributed by atoms with van der Waals surface area (Å²) in [4.78, 5) is 11.7. The Kier molecular flexibility index (Phi) is 3.56. The van der Waals surface area contributed by atoms with Crippen LogP contribution in [0.25, 0.3) is 0 Å². The maximum atomic E-state index is 11.7. The van der Waals surface area contributed by atoms with Crippen LogP contribution in [0.5, 0.6) is 0 Å². The van der Waals surface area contributed by atoms with Crippen LogP contribution in [-0.2, 0) is 4.79 Å². The van der Waals surface area contributed by atoms with E-state index in [4.69, 9.17) is 0 Å². The van der Waals surface area contributed by atoms with Gasteiger partial charge < -0.3 is 5.11 Å². The van der Waals surface area contributed by atoms with Gasteiger partial charge in [-0.25, -0.2) is 0 Å². The number of hydrogen-bond acceptors (Lipinski definition) is 1. The average molecular weight is 224 g/mol. The third kappa shape index (κ3) is 2.11. The van der Waals surface area contributed by atoms with E-state index in [1.165, 1.54) is 25.7 Å². The molecule has 2 rings (SSSR count). The highest BCUT2D eigenvalue weighted by Crippen LogP contribution is 2.51. The second-order valence-corrected chi connectivity index (χ2v) is 6.00. The van der Waals surface area contributed by atoms with Gasteiger partial charge in [0.25, 0.3) is 0 Å². The minimum absolute atomic E-state index is 0.357. The van der Waals surface area contributed by atoms with Gasteiger partial charge in [0.05, 0.1) is 5.41 Å². The first-order valence-corrected chi connectivity index (χ1v) is 6.88. The molecule has 0 spiro atoms. The fourth-order valence-electron chi connectivity index (χ4n) is 3.90. The minimum Gasteiger partial charge on any atom is -0.481 e. The molecule has 2 heteroatoms. The average Bonchev–Trinajstić information content (AvgIpc) is 2.51. The Morgan fingerprint density at radius 2 is 1.75 bits per heavy atom. The van der Waals surface area contributed by atoms with Crippen molar-refractivity contribution in [2.24, 2.45) is 17.3 Å². The Hall–Kier alpha value is -0.530. The number of hydrogen-bond donors (Lipinski definition) is 1. The summed E-state index contributed by atoms with van der Waals surface area (Å²) < 4.78 is 0. The molecule has 2 saturated carbocycles. The van der Waals surface area contributed by atoms with E-state index in [0.29, 0.717) is 11.8 Å². The smallest absolute Gasteiger partial charge is 0.309 e. The maximum absolute atomic E-state index is 11.7. The van der Waals surface area contributed by atoms with Gasteiger partial charge in [-0.1, -0.05) is 32.6 Å². The fourth-order valence-corrected chi connectivity index (χ4v) is 3.90. The second-order valence-electron chi connectivity index (χ2n) is 6.00. The molecule has 16 heavy (non-hydrogen) atoms. The number of aliphatic carboxylic acids is 1. The summed E-state index contributed by atoms with van der Waals surface area (Å²) in [5.74, 6) is 0.556. The van der Waals surface area contributed by atoms with Crippen LogP contribution in [0, 0.1) is 17.3 Å². The molecule has 0 amide bonds. The Bertz CT molecular complexity index is 253. The van der Waals surface area contributed by atoms with E-state index in [2.05, 4.69) is 6.92 Å². The quantitative estimate of drug-likeness (QED) is 0.723. The van der Waals surface area contributed by atoms with E-state index in [9.17, 15) is 9.90 Å². The number of carboxylic acid groups (broad SMARTS) is 1. The van der Waals surface area contributed by atoms with Gasteiger partial charge in [0.1, 0.15) is 0 Å². The zero-order chi connectivity index (χ0) is 11.6. The molecular weight excluding hydrogens is 200 g/mol. The van der Waals surface area contributed by atoms with Crippen molar-refractivity contribution in [3.05, 3.63) is 0 Å². The normalized spacial score (nSPS) is 37.2. The number of carboxylic acids is 1. The molecule has 2 unspecified atom stereocenters. The largest absolute Gasteiger partial charge is 0.481 e. The predicted octanol–water partition coefficient (Wildman–Crippen LogP) is 3.85. The van der Waals surface area contributed by atoms with Crippen molar-refractivity contribution >= 4 is 5.97 Å². The summed E-state index contributed by atoms with van der Waals surface area (Å²) in [5.41, 5.74) is -0.357. The van der Waals surface area contributed by atoms with Crippen molar-refractivity contribution in [1.82, 2.24) is 0 Å². The third-order valence-corrected chi connectivity index (χ3v) is 4.86. The van der Waals surface area contributed by atoms with Crippen molar-refractivity contribution in [3.8, 4) is 0 Å². The Morgan fingerprint density at radius 3 is 2.19 bits per heavy atom. The van der Waals surface area contributed by atoms with E-state index in [1.54, 1.807) is 0 Å². The van der Waals surface area contributed by atoms with Crippen LogP contribution < -0.4 is 0 Å². The first-order chi connectivity index (χ1) is 7.65.